The highest BCUT2D eigenvalue weighted by atomic mass is 19.1. The zero-order valence-electron chi connectivity index (χ0n) is 15.6. The fourth-order valence-corrected chi connectivity index (χ4v) is 3.38. The Morgan fingerprint density at radius 2 is 1.68 bits per heavy atom. The highest BCUT2D eigenvalue weighted by molar-refractivity contribution is 6.01. The van der Waals surface area contributed by atoms with Crippen LogP contribution in [0.3, 0.4) is 0 Å². The van der Waals surface area contributed by atoms with Crippen LogP contribution in [0, 0.1) is 12.7 Å². The van der Waals surface area contributed by atoms with Crippen LogP contribution in [0.2, 0.25) is 0 Å². The molecule has 142 valence electrons. The molecule has 1 heterocycles. The topological polar surface area (TPSA) is 62.7 Å². The Bertz CT molecular complexity index is 1150. The van der Waals surface area contributed by atoms with Gasteiger partial charge in [0.2, 0.25) is 0 Å². The summed E-state index contributed by atoms with van der Waals surface area (Å²) in [6.45, 7) is 2.07. The number of fused-ring (bicyclic) bond motifs is 1. The maximum absolute atomic E-state index is 13.4. The van der Waals surface area contributed by atoms with E-state index in [0.717, 1.165) is 33.3 Å². The first kappa shape index (κ1) is 19.3. The highest BCUT2D eigenvalue weighted by Gasteiger charge is 2.15. The van der Waals surface area contributed by atoms with E-state index in [2.05, 4.69) is 19.1 Å². The Kier molecular flexibility index (Phi) is 5.29. The SMILES string of the molecule is COC(=O)c1ccc2c(-c3ccccc3C)cn(-c3ccc(F)cc3)c2c1.O. The lowest BCUT2D eigenvalue weighted by Crippen LogP contribution is -2.01. The van der Waals surface area contributed by atoms with Crippen molar-refractivity contribution in [3.63, 3.8) is 0 Å². The van der Waals surface area contributed by atoms with Crippen molar-refractivity contribution in [1.29, 1.82) is 0 Å². The Balaban J connectivity index is 0.00000225. The molecule has 5 heteroatoms. The molecular weight excluding hydrogens is 357 g/mol. The van der Waals surface area contributed by atoms with Gasteiger partial charge >= 0.3 is 5.97 Å². The largest absolute Gasteiger partial charge is 0.465 e. The molecule has 1 aromatic heterocycles. The van der Waals surface area contributed by atoms with Crippen LogP contribution in [0.4, 0.5) is 4.39 Å². The molecule has 0 amide bonds. The van der Waals surface area contributed by atoms with Gasteiger partial charge in [-0.2, -0.15) is 0 Å². The summed E-state index contributed by atoms with van der Waals surface area (Å²) in [6, 6.07) is 20.0. The summed E-state index contributed by atoms with van der Waals surface area (Å²) in [5, 5.41) is 1.02. The molecule has 4 aromatic rings. The number of aryl methyl sites for hydroxylation is 1. The van der Waals surface area contributed by atoms with E-state index in [1.54, 1.807) is 18.2 Å². The maximum atomic E-state index is 13.4. The van der Waals surface area contributed by atoms with Crippen LogP contribution < -0.4 is 0 Å². The van der Waals surface area contributed by atoms with E-state index in [-0.39, 0.29) is 17.3 Å². The van der Waals surface area contributed by atoms with Crippen LogP contribution in [-0.2, 0) is 4.74 Å². The van der Waals surface area contributed by atoms with Crippen molar-refractivity contribution in [2.24, 2.45) is 0 Å². The number of carbonyl (C=O) groups excluding carboxylic acids is 1. The van der Waals surface area contributed by atoms with Gasteiger partial charge < -0.3 is 14.8 Å². The van der Waals surface area contributed by atoms with Crippen LogP contribution in [0.1, 0.15) is 15.9 Å². The molecule has 4 nitrogen and oxygen atoms in total. The van der Waals surface area contributed by atoms with Crippen molar-refractivity contribution < 1.29 is 19.4 Å². The summed E-state index contributed by atoms with van der Waals surface area (Å²) >= 11 is 0. The van der Waals surface area contributed by atoms with Crippen LogP contribution in [0.25, 0.3) is 27.7 Å². The van der Waals surface area contributed by atoms with Gasteiger partial charge in [-0.05, 0) is 54.4 Å². The minimum Gasteiger partial charge on any atom is -0.465 e. The Hall–Kier alpha value is -3.44. The molecule has 0 aliphatic rings. The van der Waals surface area contributed by atoms with E-state index >= 15 is 0 Å². The lowest BCUT2D eigenvalue weighted by atomic mass is 9.99. The monoisotopic (exact) mass is 377 g/mol. The van der Waals surface area contributed by atoms with Gasteiger partial charge in [-0.15, -0.1) is 0 Å². The van der Waals surface area contributed by atoms with Crippen molar-refractivity contribution in [2.45, 2.75) is 6.92 Å². The fraction of sp³-hybridized carbons (Fsp3) is 0.0870. The normalized spacial score (nSPS) is 10.5. The Morgan fingerprint density at radius 1 is 0.964 bits per heavy atom. The third kappa shape index (κ3) is 3.28. The van der Waals surface area contributed by atoms with Gasteiger partial charge in [0.25, 0.3) is 0 Å². The van der Waals surface area contributed by atoms with Crippen molar-refractivity contribution in [3.8, 4) is 16.8 Å². The molecule has 0 saturated carbocycles. The summed E-state index contributed by atoms with van der Waals surface area (Å²) in [5.41, 5.74) is 5.50. The van der Waals surface area contributed by atoms with Crippen molar-refractivity contribution in [3.05, 3.63) is 89.9 Å². The molecule has 0 spiro atoms. The molecule has 0 bridgehead atoms. The zero-order valence-corrected chi connectivity index (χ0v) is 15.6. The average molecular weight is 377 g/mol. The summed E-state index contributed by atoms with van der Waals surface area (Å²) in [5.74, 6) is -0.675. The summed E-state index contributed by atoms with van der Waals surface area (Å²) in [4.78, 5) is 12.0. The van der Waals surface area contributed by atoms with Gasteiger partial charge in [0.05, 0.1) is 18.2 Å². The second-order valence-electron chi connectivity index (χ2n) is 6.43. The van der Waals surface area contributed by atoms with E-state index in [1.165, 1.54) is 19.2 Å². The third-order valence-electron chi connectivity index (χ3n) is 4.77. The number of aromatic nitrogens is 1. The van der Waals surface area contributed by atoms with Gasteiger partial charge in [0, 0.05) is 22.8 Å². The molecule has 4 rings (SSSR count). The minimum absolute atomic E-state index is 0. The number of hydrogen-bond donors (Lipinski definition) is 0. The van der Waals surface area contributed by atoms with Gasteiger partial charge in [-0.1, -0.05) is 30.3 Å². The number of rotatable bonds is 3. The van der Waals surface area contributed by atoms with E-state index in [0.29, 0.717) is 5.56 Å². The maximum Gasteiger partial charge on any atom is 0.337 e. The first-order valence-electron chi connectivity index (χ1n) is 8.64. The van der Waals surface area contributed by atoms with Gasteiger partial charge in [-0.25, -0.2) is 9.18 Å². The number of halogens is 1. The van der Waals surface area contributed by atoms with Crippen molar-refractivity contribution in [1.82, 2.24) is 4.57 Å². The number of benzene rings is 3. The highest BCUT2D eigenvalue weighted by Crippen LogP contribution is 2.35. The predicted molar refractivity (Wildman–Crippen MR) is 108 cm³/mol. The molecular formula is C23H20FNO3. The smallest absolute Gasteiger partial charge is 0.337 e. The van der Waals surface area contributed by atoms with Crippen molar-refractivity contribution >= 4 is 16.9 Å². The quantitative estimate of drug-likeness (QED) is 0.486. The molecule has 0 atom stereocenters. The van der Waals surface area contributed by atoms with Gasteiger partial charge in [0.15, 0.2) is 0 Å². The molecule has 3 aromatic carbocycles. The lowest BCUT2D eigenvalue weighted by Gasteiger charge is -2.06. The number of hydrogen-bond acceptors (Lipinski definition) is 2. The van der Waals surface area contributed by atoms with Crippen LogP contribution in [0.15, 0.2) is 72.9 Å². The summed E-state index contributed by atoms with van der Waals surface area (Å²) < 4.78 is 20.2. The number of ether oxygens (including phenoxy) is 1. The van der Waals surface area contributed by atoms with Crippen LogP contribution in [-0.4, -0.2) is 23.1 Å². The standard InChI is InChI=1S/C23H18FNO2.H2O/c1-15-5-3-4-6-19(15)21-14-25(18-10-8-17(24)9-11-18)22-13-16(23(26)27-2)7-12-20(21)22;/h3-14H,1-2H3;1H2. The van der Waals surface area contributed by atoms with Crippen LogP contribution in [0.5, 0.6) is 0 Å². The minimum atomic E-state index is -0.388. The average Bonchev–Trinajstić information content (AvgIpc) is 3.07. The lowest BCUT2D eigenvalue weighted by molar-refractivity contribution is 0.0601. The number of esters is 1. The third-order valence-corrected chi connectivity index (χ3v) is 4.77. The van der Waals surface area contributed by atoms with E-state index in [9.17, 15) is 9.18 Å². The van der Waals surface area contributed by atoms with Gasteiger partial charge in [-0.3, -0.25) is 0 Å². The predicted octanol–water partition coefficient (Wildman–Crippen LogP) is 4.71. The second-order valence-corrected chi connectivity index (χ2v) is 6.43. The number of carbonyl (C=O) groups is 1. The first-order chi connectivity index (χ1) is 13.1. The van der Waals surface area contributed by atoms with Crippen LogP contribution >= 0.6 is 0 Å². The fourth-order valence-electron chi connectivity index (χ4n) is 3.38. The van der Waals surface area contributed by atoms with E-state index in [1.807, 2.05) is 35.0 Å². The molecule has 28 heavy (non-hydrogen) atoms. The van der Waals surface area contributed by atoms with E-state index in [4.69, 9.17) is 4.74 Å². The Morgan fingerprint density at radius 3 is 2.36 bits per heavy atom. The summed E-state index contributed by atoms with van der Waals surface area (Å²) in [6.07, 6.45) is 2.03. The molecule has 0 saturated heterocycles. The van der Waals surface area contributed by atoms with E-state index < -0.39 is 0 Å². The van der Waals surface area contributed by atoms with Gasteiger partial charge in [0.1, 0.15) is 5.82 Å². The molecule has 0 aliphatic carbocycles. The molecule has 0 radical (unpaired) electrons. The molecule has 0 unspecified atom stereocenters. The molecule has 0 fully saturated rings. The first-order valence-corrected chi connectivity index (χ1v) is 8.64. The Labute approximate surface area is 162 Å². The number of methoxy groups -OCH3 is 1. The number of nitrogens with zero attached hydrogens (tertiary/aromatic N) is 1. The zero-order chi connectivity index (χ0) is 19.0. The molecule has 2 N–H and O–H groups in total. The molecule has 0 aliphatic heterocycles. The summed E-state index contributed by atoms with van der Waals surface area (Å²) in [7, 11) is 1.37. The second kappa shape index (κ2) is 7.66. The van der Waals surface area contributed by atoms with Crippen molar-refractivity contribution in [2.75, 3.05) is 7.11 Å².